The van der Waals surface area contributed by atoms with Crippen molar-refractivity contribution in [2.24, 2.45) is 0 Å². The Morgan fingerprint density at radius 3 is 2.49 bits per heavy atom. The van der Waals surface area contributed by atoms with E-state index in [1.807, 2.05) is 0 Å². The maximum atomic E-state index is 13.6. The first-order valence-electron chi connectivity index (χ1n) is 12.7. The first-order chi connectivity index (χ1) is 18.4. The third-order valence-electron chi connectivity index (χ3n) is 6.69. The van der Waals surface area contributed by atoms with Gasteiger partial charge in [0.05, 0.1) is 29.6 Å². The van der Waals surface area contributed by atoms with Crippen molar-refractivity contribution < 1.29 is 28.6 Å². The van der Waals surface area contributed by atoms with Crippen molar-refractivity contribution in [1.29, 1.82) is 0 Å². The molecule has 0 bridgehead atoms. The molecular formula is C26H33FN6O5Si. The van der Waals surface area contributed by atoms with Crippen LogP contribution in [0.1, 0.15) is 18.5 Å². The molecule has 1 aliphatic heterocycles. The normalized spacial score (nSPS) is 17.9. The lowest BCUT2D eigenvalue weighted by Gasteiger charge is -2.44. The minimum atomic E-state index is -1.26. The fourth-order valence-electron chi connectivity index (χ4n) is 4.50. The van der Waals surface area contributed by atoms with Gasteiger partial charge in [-0.05, 0) is 30.7 Å². The number of pyridine rings is 1. The van der Waals surface area contributed by atoms with Gasteiger partial charge in [-0.3, -0.25) is 14.6 Å². The van der Waals surface area contributed by atoms with E-state index in [0.29, 0.717) is 28.8 Å². The summed E-state index contributed by atoms with van der Waals surface area (Å²) in [6.07, 6.45) is 3.52. The van der Waals surface area contributed by atoms with Crippen LogP contribution in [0.5, 0.6) is 0 Å². The second-order valence-corrected chi connectivity index (χ2v) is 16.5. The highest BCUT2D eigenvalue weighted by atomic mass is 28.3. The number of carboxylic acid groups (broad SMARTS) is 1. The molecule has 2 aromatic heterocycles. The predicted octanol–water partition coefficient (Wildman–Crippen LogP) is 3.77. The maximum Gasteiger partial charge on any atom is 0.407 e. The number of aromatic nitrogens is 3. The van der Waals surface area contributed by atoms with Crippen LogP contribution in [-0.2, 0) is 21.1 Å². The number of rotatable bonds is 7. The fourth-order valence-corrected chi connectivity index (χ4v) is 5.26. The molecule has 1 saturated heterocycles. The van der Waals surface area contributed by atoms with Crippen LogP contribution in [-0.4, -0.2) is 81.4 Å². The highest BCUT2D eigenvalue weighted by molar-refractivity contribution is 6.76. The molecule has 0 aliphatic carbocycles. The summed E-state index contributed by atoms with van der Waals surface area (Å²) in [6.45, 7) is 9.16. The molecule has 11 nitrogen and oxygen atoms in total. The molecule has 3 aromatic rings. The number of carbonyl (C=O) groups excluding carboxylic acids is 2. The maximum absolute atomic E-state index is 13.6. The van der Waals surface area contributed by atoms with E-state index in [0.717, 1.165) is 6.04 Å². The lowest BCUT2D eigenvalue weighted by atomic mass is 9.99. The lowest BCUT2D eigenvalue weighted by molar-refractivity contribution is -0.147. The fraction of sp³-hybridized carbons (Fsp3) is 0.423. The molecule has 2 atom stereocenters. The molecule has 3 amide bonds. The van der Waals surface area contributed by atoms with Crippen molar-refractivity contribution in [2.45, 2.75) is 51.4 Å². The highest BCUT2D eigenvalue weighted by Crippen LogP contribution is 2.29. The van der Waals surface area contributed by atoms with Crippen LogP contribution in [0, 0.1) is 5.82 Å². The second kappa shape index (κ2) is 11.5. The van der Waals surface area contributed by atoms with Gasteiger partial charge in [-0.2, -0.15) is 5.10 Å². The van der Waals surface area contributed by atoms with Crippen molar-refractivity contribution in [3.05, 3.63) is 54.2 Å². The van der Waals surface area contributed by atoms with E-state index in [2.05, 4.69) is 35.0 Å². The van der Waals surface area contributed by atoms with Crippen molar-refractivity contribution in [3.8, 4) is 0 Å². The van der Waals surface area contributed by atoms with Gasteiger partial charge in [-0.25, -0.2) is 13.9 Å². The zero-order valence-corrected chi connectivity index (χ0v) is 23.4. The van der Waals surface area contributed by atoms with E-state index in [-0.39, 0.29) is 19.8 Å². The van der Waals surface area contributed by atoms with E-state index in [1.165, 1.54) is 40.3 Å². The summed E-state index contributed by atoms with van der Waals surface area (Å²) in [7, 11) is -1.26. The summed E-state index contributed by atoms with van der Waals surface area (Å²) in [5.74, 6) is -2.20. The van der Waals surface area contributed by atoms with Crippen LogP contribution in [0.25, 0.3) is 10.9 Å². The number of amides is 3. The Kier molecular flexibility index (Phi) is 8.30. The predicted molar refractivity (Wildman–Crippen MR) is 145 cm³/mol. The third-order valence-corrected chi connectivity index (χ3v) is 8.40. The van der Waals surface area contributed by atoms with Crippen LogP contribution in [0.3, 0.4) is 0 Å². The number of piperazine rings is 1. The summed E-state index contributed by atoms with van der Waals surface area (Å²) in [5.41, 5.74) is 1.39. The summed E-state index contributed by atoms with van der Waals surface area (Å²) in [6, 6.07) is 5.13. The Morgan fingerprint density at radius 2 is 1.82 bits per heavy atom. The van der Waals surface area contributed by atoms with Gasteiger partial charge in [0.15, 0.2) is 0 Å². The standard InChI is InChI=1S/C26H33FN6O5Si/c1-17-14-32(22(15-31(17)26(36)37)18-5-7-20(27)8-6-18)25(35)24(34)30-21-13-28-11-19-12-29-33(23(19)21)16-38-9-10-39(2,3)4/h5-8,11-13,17,22H,9-10,14-16H2,1-4H3,(H,30,34)(H,36,37)/t17-,22-/m1/s1. The average Bonchev–Trinajstić information content (AvgIpc) is 3.30. The molecule has 1 fully saturated rings. The molecule has 13 heteroatoms. The van der Waals surface area contributed by atoms with Gasteiger partial charge in [0, 0.05) is 45.4 Å². The minimum absolute atomic E-state index is 0.00803. The van der Waals surface area contributed by atoms with Crippen molar-refractivity contribution in [1.82, 2.24) is 24.6 Å². The topological polar surface area (TPSA) is 130 Å². The molecule has 1 aromatic carbocycles. The molecular weight excluding hydrogens is 523 g/mol. The molecule has 0 unspecified atom stereocenters. The summed E-state index contributed by atoms with van der Waals surface area (Å²) in [4.78, 5) is 45.2. The zero-order valence-electron chi connectivity index (χ0n) is 22.4. The summed E-state index contributed by atoms with van der Waals surface area (Å²) < 4.78 is 21.0. The van der Waals surface area contributed by atoms with Gasteiger partial charge in [0.25, 0.3) is 0 Å². The molecule has 0 spiro atoms. The number of fused-ring (bicyclic) bond motifs is 1. The first kappa shape index (κ1) is 28.2. The molecule has 2 N–H and O–H groups in total. The van der Waals surface area contributed by atoms with Crippen LogP contribution in [0.15, 0.2) is 42.9 Å². The van der Waals surface area contributed by atoms with Crippen LogP contribution < -0.4 is 5.32 Å². The van der Waals surface area contributed by atoms with Gasteiger partial charge in [-0.15, -0.1) is 0 Å². The Hall–Kier alpha value is -3.84. The summed E-state index contributed by atoms with van der Waals surface area (Å²) >= 11 is 0. The SMILES string of the molecule is C[C@@H]1CN(C(=O)C(=O)Nc2cncc3cnn(COCC[Si](C)(C)C)c23)[C@@H](c2ccc(F)cc2)CN1C(=O)O. The monoisotopic (exact) mass is 556 g/mol. The van der Waals surface area contributed by atoms with Crippen molar-refractivity contribution in [3.63, 3.8) is 0 Å². The second-order valence-electron chi connectivity index (χ2n) is 10.9. The van der Waals surface area contributed by atoms with Crippen LogP contribution >= 0.6 is 0 Å². The number of nitrogens with one attached hydrogen (secondary N) is 1. The van der Waals surface area contributed by atoms with E-state index in [9.17, 15) is 23.9 Å². The quantitative estimate of drug-likeness (QED) is 0.257. The van der Waals surface area contributed by atoms with Gasteiger partial charge in [-0.1, -0.05) is 31.8 Å². The molecule has 1 aliphatic rings. The van der Waals surface area contributed by atoms with Gasteiger partial charge < -0.3 is 25.0 Å². The number of ether oxygens (including phenoxy) is 1. The summed E-state index contributed by atoms with van der Waals surface area (Å²) in [5, 5.41) is 17.3. The largest absolute Gasteiger partial charge is 0.465 e. The van der Waals surface area contributed by atoms with Gasteiger partial charge in [0.2, 0.25) is 0 Å². The highest BCUT2D eigenvalue weighted by Gasteiger charge is 2.39. The minimum Gasteiger partial charge on any atom is -0.465 e. The third kappa shape index (κ3) is 6.60. The number of hydrogen-bond donors (Lipinski definition) is 2. The Balaban J connectivity index is 1.55. The van der Waals surface area contributed by atoms with E-state index < -0.39 is 43.9 Å². The first-order valence-corrected chi connectivity index (χ1v) is 16.4. The van der Waals surface area contributed by atoms with Crippen molar-refractivity contribution in [2.75, 3.05) is 25.0 Å². The van der Waals surface area contributed by atoms with Gasteiger partial charge in [0.1, 0.15) is 12.5 Å². The van der Waals surface area contributed by atoms with E-state index in [1.54, 1.807) is 24.0 Å². The van der Waals surface area contributed by atoms with Crippen LogP contribution in [0.2, 0.25) is 25.7 Å². The molecule has 3 heterocycles. The number of carbonyl (C=O) groups is 3. The molecule has 0 radical (unpaired) electrons. The number of halogens is 1. The Labute approximate surface area is 226 Å². The Bertz CT molecular complexity index is 1360. The number of benzene rings is 1. The zero-order chi connectivity index (χ0) is 28.3. The molecule has 0 saturated carbocycles. The molecule has 4 rings (SSSR count). The molecule has 208 valence electrons. The Morgan fingerprint density at radius 1 is 1.10 bits per heavy atom. The number of anilines is 1. The smallest absolute Gasteiger partial charge is 0.407 e. The van der Waals surface area contributed by atoms with E-state index in [4.69, 9.17) is 4.74 Å². The number of hydrogen-bond acceptors (Lipinski definition) is 6. The molecule has 39 heavy (non-hydrogen) atoms. The van der Waals surface area contributed by atoms with Crippen molar-refractivity contribution >= 4 is 42.6 Å². The van der Waals surface area contributed by atoms with E-state index >= 15 is 0 Å². The van der Waals surface area contributed by atoms with Gasteiger partial charge >= 0.3 is 17.9 Å². The number of nitrogens with zero attached hydrogens (tertiary/aromatic N) is 5. The lowest BCUT2D eigenvalue weighted by Crippen LogP contribution is -2.58. The average molecular weight is 557 g/mol. The van der Waals surface area contributed by atoms with Crippen LogP contribution in [0.4, 0.5) is 14.9 Å².